The van der Waals surface area contributed by atoms with Gasteiger partial charge in [0.1, 0.15) is 5.75 Å². The number of phenolic OH excluding ortho intramolecular Hbond substituents is 1. The molecule has 3 atom stereocenters. The summed E-state index contributed by atoms with van der Waals surface area (Å²) in [5.74, 6) is 1.44. The van der Waals surface area contributed by atoms with Gasteiger partial charge in [0, 0.05) is 19.1 Å². The van der Waals surface area contributed by atoms with E-state index in [4.69, 9.17) is 5.73 Å². The van der Waals surface area contributed by atoms with E-state index in [1.165, 1.54) is 5.56 Å². The molecule has 0 aromatic heterocycles. The second kappa shape index (κ2) is 6.37. The third-order valence-electron chi connectivity index (χ3n) is 5.40. The van der Waals surface area contributed by atoms with Crippen LogP contribution in [-0.2, 0) is 5.41 Å². The van der Waals surface area contributed by atoms with Gasteiger partial charge in [-0.3, -0.25) is 0 Å². The van der Waals surface area contributed by atoms with E-state index >= 15 is 0 Å². The number of piperidine rings is 1. The number of hydrogen-bond donors (Lipinski definition) is 2. The molecule has 0 bridgehead atoms. The lowest BCUT2D eigenvalue weighted by Crippen LogP contribution is -2.51. The fraction of sp³-hybridized carbons (Fsp3) is 0.667. The Labute approximate surface area is 129 Å². The molecule has 0 spiro atoms. The maximum absolute atomic E-state index is 9.75. The second-order valence-electron chi connectivity index (χ2n) is 7.29. The number of hydrogen-bond acceptors (Lipinski definition) is 3. The smallest absolute Gasteiger partial charge is 0.115 e. The highest BCUT2D eigenvalue weighted by Gasteiger charge is 2.38. The topological polar surface area (TPSA) is 49.5 Å². The van der Waals surface area contributed by atoms with Gasteiger partial charge in [0.05, 0.1) is 0 Å². The van der Waals surface area contributed by atoms with Crippen molar-refractivity contribution in [3.05, 3.63) is 29.8 Å². The van der Waals surface area contributed by atoms with Crippen molar-refractivity contribution in [1.82, 2.24) is 4.90 Å². The summed E-state index contributed by atoms with van der Waals surface area (Å²) < 4.78 is 0. The van der Waals surface area contributed by atoms with Crippen LogP contribution in [0.25, 0.3) is 0 Å². The summed E-state index contributed by atoms with van der Waals surface area (Å²) >= 11 is 0. The van der Waals surface area contributed by atoms with Crippen molar-refractivity contribution in [2.24, 2.45) is 17.6 Å². The third-order valence-corrected chi connectivity index (χ3v) is 5.40. The van der Waals surface area contributed by atoms with Gasteiger partial charge >= 0.3 is 0 Å². The molecule has 1 aromatic rings. The van der Waals surface area contributed by atoms with E-state index in [2.05, 4.69) is 38.7 Å². The molecule has 2 rings (SSSR count). The lowest BCUT2D eigenvalue weighted by Gasteiger charge is -2.46. The summed E-state index contributed by atoms with van der Waals surface area (Å²) in [6.07, 6.45) is 1.11. The number of likely N-dealkylation sites (tertiary alicyclic amines) is 1. The Hall–Kier alpha value is -1.06. The predicted octanol–water partition coefficient (Wildman–Crippen LogP) is 2.98. The zero-order valence-electron chi connectivity index (χ0n) is 13.8. The van der Waals surface area contributed by atoms with Crippen LogP contribution in [0.1, 0.15) is 39.7 Å². The van der Waals surface area contributed by atoms with Crippen LogP contribution < -0.4 is 5.73 Å². The molecule has 21 heavy (non-hydrogen) atoms. The zero-order chi connectivity index (χ0) is 15.6. The fourth-order valence-corrected chi connectivity index (χ4v) is 3.28. The van der Waals surface area contributed by atoms with Gasteiger partial charge in [-0.15, -0.1) is 0 Å². The van der Waals surface area contributed by atoms with E-state index in [9.17, 15) is 5.11 Å². The molecule has 1 fully saturated rings. The Morgan fingerprint density at radius 1 is 1.43 bits per heavy atom. The Kier molecular flexibility index (Phi) is 4.95. The van der Waals surface area contributed by atoms with Crippen LogP contribution in [-0.4, -0.2) is 35.7 Å². The number of nitrogens with zero attached hydrogens (tertiary/aromatic N) is 1. The monoisotopic (exact) mass is 290 g/mol. The molecule has 1 aromatic carbocycles. The van der Waals surface area contributed by atoms with E-state index in [1.807, 2.05) is 12.1 Å². The van der Waals surface area contributed by atoms with Crippen LogP contribution >= 0.6 is 0 Å². The van der Waals surface area contributed by atoms with Gasteiger partial charge in [-0.25, -0.2) is 0 Å². The van der Waals surface area contributed by atoms with Gasteiger partial charge in [0.25, 0.3) is 0 Å². The standard InChI is InChI=1S/C18H30N2O/c1-13(2)17(19)12-20-9-8-18(4,14(3)11-20)15-6-5-7-16(21)10-15/h5-7,10,13-14,17,21H,8-9,11-12,19H2,1-4H3/t14-,17-,18+/m0/s1. The van der Waals surface area contributed by atoms with Crippen molar-refractivity contribution < 1.29 is 5.11 Å². The van der Waals surface area contributed by atoms with Crippen LogP contribution in [0.4, 0.5) is 0 Å². The van der Waals surface area contributed by atoms with Crippen molar-refractivity contribution in [1.29, 1.82) is 0 Å². The van der Waals surface area contributed by atoms with Gasteiger partial charge in [0.2, 0.25) is 0 Å². The van der Waals surface area contributed by atoms with Gasteiger partial charge in [-0.2, -0.15) is 0 Å². The third kappa shape index (κ3) is 3.58. The summed E-state index contributed by atoms with van der Waals surface area (Å²) in [7, 11) is 0. The number of nitrogens with two attached hydrogens (primary N) is 1. The lowest BCUT2D eigenvalue weighted by molar-refractivity contribution is 0.101. The molecule has 0 saturated carbocycles. The van der Waals surface area contributed by atoms with Crippen LogP contribution in [0.3, 0.4) is 0 Å². The number of rotatable bonds is 4. The van der Waals surface area contributed by atoms with E-state index < -0.39 is 0 Å². The number of phenols is 1. The lowest BCUT2D eigenvalue weighted by atomic mass is 9.68. The first-order chi connectivity index (χ1) is 9.83. The quantitative estimate of drug-likeness (QED) is 0.896. The molecule has 1 aliphatic heterocycles. The molecule has 0 aliphatic carbocycles. The Morgan fingerprint density at radius 2 is 2.14 bits per heavy atom. The largest absolute Gasteiger partial charge is 0.508 e. The molecular weight excluding hydrogens is 260 g/mol. The fourth-order valence-electron chi connectivity index (χ4n) is 3.28. The van der Waals surface area contributed by atoms with Crippen molar-refractivity contribution in [3.8, 4) is 5.75 Å². The molecule has 1 saturated heterocycles. The normalized spacial score (nSPS) is 28.8. The molecule has 0 radical (unpaired) electrons. The summed E-state index contributed by atoms with van der Waals surface area (Å²) in [4.78, 5) is 2.50. The first-order valence-corrected chi connectivity index (χ1v) is 8.10. The summed E-state index contributed by atoms with van der Waals surface area (Å²) in [5.41, 5.74) is 7.61. The maximum atomic E-state index is 9.75. The highest BCUT2D eigenvalue weighted by atomic mass is 16.3. The molecule has 1 heterocycles. The Bertz CT molecular complexity index is 474. The minimum absolute atomic E-state index is 0.136. The van der Waals surface area contributed by atoms with Crippen LogP contribution in [0, 0.1) is 11.8 Å². The molecule has 3 heteroatoms. The summed E-state index contributed by atoms with van der Waals surface area (Å²) in [6, 6.07) is 8.01. The highest BCUT2D eigenvalue weighted by molar-refractivity contribution is 5.33. The second-order valence-corrected chi connectivity index (χ2v) is 7.29. The first kappa shape index (κ1) is 16.3. The van der Waals surface area contributed by atoms with Gasteiger partial charge < -0.3 is 15.7 Å². The van der Waals surface area contributed by atoms with E-state index in [-0.39, 0.29) is 11.5 Å². The average molecular weight is 290 g/mol. The van der Waals surface area contributed by atoms with Crippen LogP contribution in [0.2, 0.25) is 0 Å². The minimum Gasteiger partial charge on any atom is -0.508 e. The predicted molar refractivity (Wildman–Crippen MR) is 88.5 cm³/mol. The molecule has 1 aliphatic rings. The number of aromatic hydroxyl groups is 1. The van der Waals surface area contributed by atoms with Crippen molar-refractivity contribution >= 4 is 0 Å². The van der Waals surface area contributed by atoms with E-state index in [0.29, 0.717) is 17.6 Å². The Morgan fingerprint density at radius 3 is 2.71 bits per heavy atom. The number of benzene rings is 1. The Balaban J connectivity index is 2.06. The molecule has 3 N–H and O–H groups in total. The summed E-state index contributed by atoms with van der Waals surface area (Å²) in [5, 5.41) is 9.75. The molecule has 0 unspecified atom stereocenters. The van der Waals surface area contributed by atoms with Crippen molar-refractivity contribution in [2.45, 2.75) is 45.6 Å². The summed E-state index contributed by atoms with van der Waals surface area (Å²) in [6.45, 7) is 12.2. The highest BCUT2D eigenvalue weighted by Crippen LogP contribution is 2.40. The van der Waals surface area contributed by atoms with Crippen molar-refractivity contribution in [2.75, 3.05) is 19.6 Å². The zero-order valence-corrected chi connectivity index (χ0v) is 13.8. The minimum atomic E-state index is 0.136. The first-order valence-electron chi connectivity index (χ1n) is 8.10. The van der Waals surface area contributed by atoms with Gasteiger partial charge in [0.15, 0.2) is 0 Å². The van der Waals surface area contributed by atoms with Gasteiger partial charge in [-0.1, -0.05) is 39.8 Å². The van der Waals surface area contributed by atoms with Crippen LogP contribution in [0.15, 0.2) is 24.3 Å². The molecule has 3 nitrogen and oxygen atoms in total. The van der Waals surface area contributed by atoms with Gasteiger partial charge in [-0.05, 0) is 47.9 Å². The van der Waals surface area contributed by atoms with Crippen LogP contribution in [0.5, 0.6) is 5.75 Å². The molecular formula is C18H30N2O. The average Bonchev–Trinajstić information content (AvgIpc) is 2.43. The molecule has 0 amide bonds. The van der Waals surface area contributed by atoms with E-state index in [0.717, 1.165) is 26.1 Å². The SMILES string of the molecule is CC(C)[C@@H](N)CN1CC[C@@](C)(c2cccc(O)c2)[C@@H](C)C1. The molecule has 118 valence electrons. The van der Waals surface area contributed by atoms with E-state index in [1.54, 1.807) is 6.07 Å². The maximum Gasteiger partial charge on any atom is 0.115 e. The van der Waals surface area contributed by atoms with Crippen molar-refractivity contribution in [3.63, 3.8) is 0 Å².